The second-order valence-electron chi connectivity index (χ2n) is 8.27. The summed E-state index contributed by atoms with van der Waals surface area (Å²) in [6, 6.07) is 7.31. The Balaban J connectivity index is 1.44. The molecule has 8 heteroatoms. The van der Waals surface area contributed by atoms with Gasteiger partial charge >= 0.3 is 0 Å². The molecule has 2 atom stereocenters. The van der Waals surface area contributed by atoms with Crippen molar-refractivity contribution in [1.29, 1.82) is 0 Å². The van der Waals surface area contributed by atoms with E-state index >= 15 is 0 Å². The van der Waals surface area contributed by atoms with Gasteiger partial charge in [0, 0.05) is 18.7 Å². The van der Waals surface area contributed by atoms with Crippen LogP contribution in [-0.2, 0) is 11.3 Å². The van der Waals surface area contributed by atoms with Crippen molar-refractivity contribution in [3.8, 4) is 0 Å². The summed E-state index contributed by atoms with van der Waals surface area (Å²) in [5, 5.41) is 3.33. The van der Waals surface area contributed by atoms with Crippen LogP contribution in [0.2, 0.25) is 5.02 Å². The predicted molar refractivity (Wildman–Crippen MR) is 121 cm³/mol. The Kier molecular flexibility index (Phi) is 6.43. The molecule has 0 bridgehead atoms. The molecule has 1 saturated heterocycles. The number of nitrogens with one attached hydrogen (secondary N) is 1. The molecule has 2 amide bonds. The molecule has 2 aliphatic rings. The van der Waals surface area contributed by atoms with Crippen molar-refractivity contribution in [3.63, 3.8) is 0 Å². The Labute approximate surface area is 187 Å². The highest BCUT2D eigenvalue weighted by molar-refractivity contribution is 6.33. The van der Waals surface area contributed by atoms with Crippen LogP contribution in [0, 0.1) is 0 Å². The Hall–Kier alpha value is -2.64. The standard InChI is InChI=1S/C23H28ClN5O2/c1-16(27-11-5-6-12-27)9-10-22(30)28-14-17(2)29-20(13-25-21(29)15-28)23(31)26-19-8-4-3-7-18(19)24/h3-4,7-10,13,16-17H,5-6,11-12,14-15H2,1-2H3,(H,26,31)/b10-9+/t16-,17+/m0/s1. The third-order valence-corrected chi connectivity index (χ3v) is 6.36. The number of para-hydroxylation sites is 1. The van der Waals surface area contributed by atoms with Crippen LogP contribution < -0.4 is 5.32 Å². The highest BCUT2D eigenvalue weighted by atomic mass is 35.5. The third-order valence-electron chi connectivity index (χ3n) is 6.03. The van der Waals surface area contributed by atoms with Crippen molar-refractivity contribution < 1.29 is 9.59 Å². The van der Waals surface area contributed by atoms with Crippen LogP contribution in [0.3, 0.4) is 0 Å². The fraction of sp³-hybridized carbons (Fsp3) is 0.435. The lowest BCUT2D eigenvalue weighted by molar-refractivity contribution is -0.128. The monoisotopic (exact) mass is 441 g/mol. The quantitative estimate of drug-likeness (QED) is 0.717. The summed E-state index contributed by atoms with van der Waals surface area (Å²) in [6.07, 6.45) is 7.69. The lowest BCUT2D eigenvalue weighted by atomic mass is 10.2. The molecule has 3 heterocycles. The number of amides is 2. The van der Waals surface area contributed by atoms with Crippen molar-refractivity contribution in [1.82, 2.24) is 19.4 Å². The van der Waals surface area contributed by atoms with Gasteiger partial charge in [0.15, 0.2) is 0 Å². The summed E-state index contributed by atoms with van der Waals surface area (Å²) in [6.45, 7) is 7.22. The summed E-state index contributed by atoms with van der Waals surface area (Å²) in [7, 11) is 0. The average molecular weight is 442 g/mol. The summed E-state index contributed by atoms with van der Waals surface area (Å²) < 4.78 is 1.91. The first-order chi connectivity index (χ1) is 14.9. The van der Waals surface area contributed by atoms with Crippen LogP contribution >= 0.6 is 11.6 Å². The molecule has 0 aliphatic carbocycles. The lowest BCUT2D eigenvalue weighted by Crippen LogP contribution is -2.40. The lowest BCUT2D eigenvalue weighted by Gasteiger charge is -2.32. The second-order valence-corrected chi connectivity index (χ2v) is 8.68. The first-order valence-corrected chi connectivity index (χ1v) is 11.1. The number of aromatic nitrogens is 2. The van der Waals surface area contributed by atoms with E-state index in [1.54, 1.807) is 29.3 Å². The van der Waals surface area contributed by atoms with E-state index in [1.807, 2.05) is 29.7 Å². The van der Waals surface area contributed by atoms with Crippen molar-refractivity contribution in [2.45, 2.75) is 45.3 Å². The molecular weight excluding hydrogens is 414 g/mol. The number of fused-ring (bicyclic) bond motifs is 1. The molecule has 4 rings (SSSR count). The van der Waals surface area contributed by atoms with Crippen LogP contribution in [-0.4, -0.2) is 56.8 Å². The number of likely N-dealkylation sites (tertiary alicyclic amines) is 1. The highest BCUT2D eigenvalue weighted by Crippen LogP contribution is 2.25. The number of benzene rings is 1. The number of nitrogens with zero attached hydrogens (tertiary/aromatic N) is 4. The van der Waals surface area contributed by atoms with Gasteiger partial charge in [0.05, 0.1) is 29.5 Å². The van der Waals surface area contributed by atoms with E-state index < -0.39 is 0 Å². The van der Waals surface area contributed by atoms with Gasteiger partial charge in [-0.25, -0.2) is 4.98 Å². The second kappa shape index (κ2) is 9.24. The van der Waals surface area contributed by atoms with Gasteiger partial charge in [-0.2, -0.15) is 0 Å². The molecule has 7 nitrogen and oxygen atoms in total. The number of hydrogen-bond acceptors (Lipinski definition) is 4. The van der Waals surface area contributed by atoms with E-state index in [1.165, 1.54) is 12.8 Å². The Bertz CT molecular complexity index is 996. The van der Waals surface area contributed by atoms with E-state index in [2.05, 4.69) is 22.1 Å². The maximum atomic E-state index is 12.8. The van der Waals surface area contributed by atoms with Crippen LogP contribution in [0.4, 0.5) is 5.69 Å². The number of carbonyl (C=O) groups is 2. The molecular formula is C23H28ClN5O2. The zero-order chi connectivity index (χ0) is 22.0. The summed E-state index contributed by atoms with van der Waals surface area (Å²) in [4.78, 5) is 34.2. The number of imidazole rings is 1. The number of anilines is 1. The number of halogens is 1. The van der Waals surface area contributed by atoms with Gasteiger partial charge in [0.25, 0.3) is 5.91 Å². The summed E-state index contributed by atoms with van der Waals surface area (Å²) in [5.41, 5.74) is 1.02. The molecule has 0 spiro atoms. The minimum Gasteiger partial charge on any atom is -0.330 e. The van der Waals surface area contributed by atoms with Gasteiger partial charge in [-0.3, -0.25) is 14.5 Å². The highest BCUT2D eigenvalue weighted by Gasteiger charge is 2.29. The van der Waals surface area contributed by atoms with Crippen molar-refractivity contribution in [2.24, 2.45) is 0 Å². The topological polar surface area (TPSA) is 70.5 Å². The number of rotatable bonds is 5. The molecule has 164 valence electrons. The van der Waals surface area contributed by atoms with E-state index in [0.717, 1.165) is 13.1 Å². The van der Waals surface area contributed by atoms with Crippen LogP contribution in [0.1, 0.15) is 49.0 Å². The van der Waals surface area contributed by atoms with Crippen molar-refractivity contribution in [2.75, 3.05) is 25.0 Å². The van der Waals surface area contributed by atoms with E-state index in [4.69, 9.17) is 11.6 Å². The molecule has 1 aromatic heterocycles. The molecule has 1 aromatic carbocycles. The number of hydrogen-bond donors (Lipinski definition) is 1. The SMILES string of the molecule is C[C@@H]1CN(C(=O)/C=C/[C@H](C)N2CCCC2)Cc2ncc(C(=O)Nc3ccccc3Cl)n21. The van der Waals surface area contributed by atoms with Gasteiger partial charge in [0.1, 0.15) is 11.5 Å². The first-order valence-electron chi connectivity index (χ1n) is 10.8. The molecule has 31 heavy (non-hydrogen) atoms. The Morgan fingerprint density at radius 3 is 2.74 bits per heavy atom. The summed E-state index contributed by atoms with van der Waals surface area (Å²) >= 11 is 6.16. The van der Waals surface area contributed by atoms with Gasteiger partial charge < -0.3 is 14.8 Å². The van der Waals surface area contributed by atoms with Crippen LogP contribution in [0.15, 0.2) is 42.6 Å². The maximum Gasteiger partial charge on any atom is 0.273 e. The van der Waals surface area contributed by atoms with E-state index in [-0.39, 0.29) is 23.9 Å². The molecule has 1 N–H and O–H groups in total. The van der Waals surface area contributed by atoms with Gasteiger partial charge in [-0.1, -0.05) is 29.8 Å². The van der Waals surface area contributed by atoms with Crippen molar-refractivity contribution >= 4 is 29.1 Å². The van der Waals surface area contributed by atoms with Gasteiger partial charge in [-0.15, -0.1) is 0 Å². The normalized spacial score (nSPS) is 20.1. The minimum atomic E-state index is -0.266. The van der Waals surface area contributed by atoms with Gasteiger partial charge in [-0.05, 0) is 51.9 Å². The van der Waals surface area contributed by atoms with Crippen molar-refractivity contribution in [3.05, 3.63) is 59.2 Å². The third kappa shape index (κ3) is 4.67. The minimum absolute atomic E-state index is 0.0192. The van der Waals surface area contributed by atoms with E-state index in [0.29, 0.717) is 35.3 Å². The number of carbonyl (C=O) groups excluding carboxylic acids is 2. The molecule has 0 unspecified atom stereocenters. The average Bonchev–Trinajstić information content (AvgIpc) is 3.43. The zero-order valence-electron chi connectivity index (χ0n) is 17.9. The Morgan fingerprint density at radius 2 is 2.00 bits per heavy atom. The largest absolute Gasteiger partial charge is 0.330 e. The Morgan fingerprint density at radius 1 is 1.26 bits per heavy atom. The molecule has 2 aromatic rings. The molecule has 0 saturated carbocycles. The van der Waals surface area contributed by atoms with Crippen LogP contribution in [0.5, 0.6) is 0 Å². The smallest absolute Gasteiger partial charge is 0.273 e. The fourth-order valence-corrected chi connectivity index (χ4v) is 4.51. The van der Waals surface area contributed by atoms with E-state index in [9.17, 15) is 9.59 Å². The molecule has 2 aliphatic heterocycles. The first kappa shape index (κ1) is 21.6. The molecule has 1 fully saturated rings. The fourth-order valence-electron chi connectivity index (χ4n) is 4.33. The maximum absolute atomic E-state index is 12.8. The van der Waals surface area contributed by atoms with Crippen LogP contribution in [0.25, 0.3) is 0 Å². The zero-order valence-corrected chi connectivity index (χ0v) is 18.7. The molecule has 0 radical (unpaired) electrons. The van der Waals surface area contributed by atoms with Gasteiger partial charge in [0.2, 0.25) is 5.91 Å². The summed E-state index contributed by atoms with van der Waals surface area (Å²) in [5.74, 6) is 0.421. The predicted octanol–water partition coefficient (Wildman–Crippen LogP) is 3.73.